The lowest BCUT2D eigenvalue weighted by molar-refractivity contribution is -0.146. The van der Waals surface area contributed by atoms with Crippen molar-refractivity contribution >= 4 is 5.91 Å². The number of hydrogen-bond acceptors (Lipinski definition) is 2. The molecule has 25 heavy (non-hydrogen) atoms. The van der Waals surface area contributed by atoms with Gasteiger partial charge in [0.1, 0.15) is 0 Å². The van der Waals surface area contributed by atoms with Gasteiger partial charge in [0.05, 0.1) is 11.9 Å². The van der Waals surface area contributed by atoms with E-state index in [-0.39, 0.29) is 12.1 Å². The molecule has 0 bridgehead atoms. The van der Waals surface area contributed by atoms with E-state index in [4.69, 9.17) is 0 Å². The van der Waals surface area contributed by atoms with E-state index in [0.29, 0.717) is 6.42 Å². The van der Waals surface area contributed by atoms with Gasteiger partial charge in [0.15, 0.2) is 0 Å². The molecule has 0 fully saturated rings. The van der Waals surface area contributed by atoms with E-state index >= 15 is 0 Å². The largest absolute Gasteiger partial charge is 0.350 e. The van der Waals surface area contributed by atoms with Crippen LogP contribution in [0.15, 0.2) is 73.1 Å². The number of alkyl halides is 2. The number of halogens is 2. The maximum atomic E-state index is 14.1. The average molecular weight is 341 g/mol. The van der Waals surface area contributed by atoms with Gasteiger partial charge < -0.3 is 5.32 Å². The second-order valence-corrected chi connectivity index (χ2v) is 5.58. The minimum absolute atomic E-state index is 0.113. The third-order valence-electron chi connectivity index (χ3n) is 3.78. The molecule has 2 aromatic carbocycles. The van der Waals surface area contributed by atoms with Crippen LogP contribution in [-0.2, 0) is 17.1 Å². The molecular weight excluding hydrogens is 324 g/mol. The summed E-state index contributed by atoms with van der Waals surface area (Å²) in [7, 11) is 0. The Bertz CT molecular complexity index is 832. The lowest BCUT2D eigenvalue weighted by Crippen LogP contribution is -2.39. The molecule has 0 aliphatic carbocycles. The summed E-state index contributed by atoms with van der Waals surface area (Å²) in [6.45, 7) is 0.113. The highest BCUT2D eigenvalue weighted by molar-refractivity contribution is 5.84. The molecule has 3 rings (SSSR count). The van der Waals surface area contributed by atoms with Crippen LogP contribution in [0.5, 0.6) is 0 Å². The summed E-state index contributed by atoms with van der Waals surface area (Å²) in [5, 5.41) is 6.53. The third-order valence-corrected chi connectivity index (χ3v) is 3.78. The molecule has 1 aromatic heterocycles. The normalized spacial score (nSPS) is 11.3. The van der Waals surface area contributed by atoms with Crippen LogP contribution in [0.4, 0.5) is 8.78 Å². The fraction of sp³-hybridized carbons (Fsp3) is 0.158. The van der Waals surface area contributed by atoms with E-state index in [2.05, 4.69) is 10.4 Å². The van der Waals surface area contributed by atoms with Gasteiger partial charge in [0.2, 0.25) is 0 Å². The molecule has 0 saturated heterocycles. The van der Waals surface area contributed by atoms with Gasteiger partial charge in [-0.1, -0.05) is 48.5 Å². The lowest BCUT2D eigenvalue weighted by Gasteiger charge is -2.16. The van der Waals surface area contributed by atoms with E-state index in [1.165, 1.54) is 24.3 Å². The molecule has 1 heterocycles. The van der Waals surface area contributed by atoms with Crippen LogP contribution in [0, 0.1) is 0 Å². The summed E-state index contributed by atoms with van der Waals surface area (Å²) in [5.41, 5.74) is 1.45. The Balaban J connectivity index is 1.56. The smallest absolute Gasteiger partial charge is 0.349 e. The zero-order valence-electron chi connectivity index (χ0n) is 13.4. The molecule has 0 unspecified atom stereocenters. The number of amides is 1. The molecule has 0 saturated carbocycles. The highest BCUT2D eigenvalue weighted by atomic mass is 19.3. The molecule has 4 nitrogen and oxygen atoms in total. The molecule has 0 aliphatic rings. The number of hydrogen-bond donors (Lipinski definition) is 1. The lowest BCUT2D eigenvalue weighted by atomic mass is 10.1. The van der Waals surface area contributed by atoms with Crippen molar-refractivity contribution in [2.24, 2.45) is 0 Å². The Labute approximate surface area is 144 Å². The number of carbonyl (C=O) groups is 1. The van der Waals surface area contributed by atoms with Crippen LogP contribution in [-0.4, -0.2) is 22.2 Å². The van der Waals surface area contributed by atoms with Crippen LogP contribution < -0.4 is 5.32 Å². The van der Waals surface area contributed by atoms with Gasteiger partial charge in [0.25, 0.3) is 5.91 Å². The molecule has 1 amide bonds. The highest BCUT2D eigenvalue weighted by Gasteiger charge is 2.40. The minimum atomic E-state index is -3.55. The second-order valence-electron chi connectivity index (χ2n) is 5.58. The number of rotatable bonds is 6. The number of aromatic nitrogens is 2. The fourth-order valence-electron chi connectivity index (χ4n) is 2.42. The first kappa shape index (κ1) is 16.8. The Morgan fingerprint density at radius 1 is 1.04 bits per heavy atom. The van der Waals surface area contributed by atoms with Gasteiger partial charge in [-0.05, 0) is 24.1 Å². The Kier molecular flexibility index (Phi) is 4.88. The molecular formula is C19H17F2N3O. The van der Waals surface area contributed by atoms with E-state index in [1.54, 1.807) is 16.9 Å². The molecule has 1 N–H and O–H groups in total. The molecule has 3 aromatic rings. The summed E-state index contributed by atoms with van der Waals surface area (Å²) in [6, 6.07) is 16.6. The van der Waals surface area contributed by atoms with Gasteiger partial charge in [-0.3, -0.25) is 4.79 Å². The van der Waals surface area contributed by atoms with Gasteiger partial charge in [-0.25, -0.2) is 4.68 Å². The quantitative estimate of drug-likeness (QED) is 0.748. The predicted molar refractivity (Wildman–Crippen MR) is 90.6 cm³/mol. The van der Waals surface area contributed by atoms with Gasteiger partial charge in [-0.15, -0.1) is 0 Å². The predicted octanol–water partition coefficient (Wildman–Crippen LogP) is 3.32. The summed E-state index contributed by atoms with van der Waals surface area (Å²) in [5.74, 6) is -4.84. The van der Waals surface area contributed by atoms with Crippen LogP contribution in [0.1, 0.15) is 11.1 Å². The standard InChI is InChI=1S/C19H17F2N3O/c20-19(21,16-7-3-1-4-8-16)18(25)22-12-11-15-13-23-24(14-15)17-9-5-2-6-10-17/h1-10,13-14H,11-12H2,(H,22,25). The molecule has 128 valence electrons. The van der Waals surface area contributed by atoms with Crippen LogP contribution in [0.25, 0.3) is 5.69 Å². The number of nitrogens with zero attached hydrogens (tertiary/aromatic N) is 2. The highest BCUT2D eigenvalue weighted by Crippen LogP contribution is 2.27. The van der Waals surface area contributed by atoms with Crippen molar-refractivity contribution in [1.82, 2.24) is 15.1 Å². The van der Waals surface area contributed by atoms with Crippen molar-refractivity contribution in [1.29, 1.82) is 0 Å². The van der Waals surface area contributed by atoms with Crippen LogP contribution in [0.3, 0.4) is 0 Å². The monoisotopic (exact) mass is 341 g/mol. The number of benzene rings is 2. The second kappa shape index (κ2) is 7.25. The summed E-state index contributed by atoms with van der Waals surface area (Å²) < 4.78 is 29.8. The third kappa shape index (κ3) is 3.91. The van der Waals surface area contributed by atoms with E-state index in [1.807, 2.05) is 36.5 Å². The number of carbonyl (C=O) groups excluding carboxylic acids is 1. The van der Waals surface area contributed by atoms with Crippen molar-refractivity contribution in [2.75, 3.05) is 6.54 Å². The Morgan fingerprint density at radius 2 is 1.68 bits per heavy atom. The zero-order valence-corrected chi connectivity index (χ0v) is 13.4. The SMILES string of the molecule is O=C(NCCc1cnn(-c2ccccc2)c1)C(F)(F)c1ccccc1. The van der Waals surface area contributed by atoms with E-state index < -0.39 is 11.8 Å². The molecule has 6 heteroatoms. The summed E-state index contributed by atoms with van der Waals surface area (Å²) in [6.07, 6.45) is 3.90. The maximum Gasteiger partial charge on any atom is 0.349 e. The molecule has 0 spiro atoms. The fourth-order valence-corrected chi connectivity index (χ4v) is 2.42. The topological polar surface area (TPSA) is 46.9 Å². The number of nitrogens with one attached hydrogen (secondary N) is 1. The number of para-hydroxylation sites is 1. The van der Waals surface area contributed by atoms with Gasteiger partial charge in [-0.2, -0.15) is 13.9 Å². The van der Waals surface area contributed by atoms with Crippen molar-refractivity contribution in [3.05, 3.63) is 84.2 Å². The zero-order chi connectivity index (χ0) is 17.7. The van der Waals surface area contributed by atoms with E-state index in [0.717, 1.165) is 11.3 Å². The first-order chi connectivity index (χ1) is 12.1. The minimum Gasteiger partial charge on any atom is -0.350 e. The van der Waals surface area contributed by atoms with Crippen LogP contribution >= 0.6 is 0 Å². The Morgan fingerprint density at radius 3 is 2.36 bits per heavy atom. The Hall–Kier alpha value is -3.02. The van der Waals surface area contributed by atoms with E-state index in [9.17, 15) is 13.6 Å². The van der Waals surface area contributed by atoms with Crippen molar-refractivity contribution in [2.45, 2.75) is 12.3 Å². The van der Waals surface area contributed by atoms with Crippen molar-refractivity contribution in [3.63, 3.8) is 0 Å². The summed E-state index contributed by atoms with van der Waals surface area (Å²) >= 11 is 0. The van der Waals surface area contributed by atoms with Gasteiger partial charge in [0, 0.05) is 18.3 Å². The molecule has 0 radical (unpaired) electrons. The first-order valence-corrected chi connectivity index (χ1v) is 7.88. The van der Waals surface area contributed by atoms with Crippen molar-refractivity contribution in [3.8, 4) is 5.69 Å². The first-order valence-electron chi connectivity index (χ1n) is 7.88. The maximum absolute atomic E-state index is 14.1. The summed E-state index contributed by atoms with van der Waals surface area (Å²) in [4.78, 5) is 11.8. The van der Waals surface area contributed by atoms with Gasteiger partial charge >= 0.3 is 5.92 Å². The van der Waals surface area contributed by atoms with Crippen LogP contribution in [0.2, 0.25) is 0 Å². The average Bonchev–Trinajstić information content (AvgIpc) is 3.12. The molecule has 0 aliphatic heterocycles. The molecule has 0 atom stereocenters. The van der Waals surface area contributed by atoms with Crippen molar-refractivity contribution < 1.29 is 13.6 Å².